The topological polar surface area (TPSA) is 72.5 Å². The first-order valence-corrected chi connectivity index (χ1v) is 7.96. The lowest BCUT2D eigenvalue weighted by atomic mass is 10.1. The third-order valence-corrected chi connectivity index (χ3v) is 4.60. The van der Waals surface area contributed by atoms with E-state index in [9.17, 15) is 9.90 Å². The molecule has 2 aromatic rings. The van der Waals surface area contributed by atoms with Crippen LogP contribution in [0.3, 0.4) is 0 Å². The fourth-order valence-electron chi connectivity index (χ4n) is 2.98. The minimum Gasteiger partial charge on any atom is -0.394 e. The monoisotopic (exact) mass is 334 g/mol. The van der Waals surface area contributed by atoms with Crippen molar-refractivity contribution in [1.29, 1.82) is 0 Å². The number of aliphatic hydroxyl groups is 1. The van der Waals surface area contributed by atoms with E-state index in [1.807, 2.05) is 30.3 Å². The summed E-state index contributed by atoms with van der Waals surface area (Å²) < 4.78 is 0. The minimum absolute atomic E-state index is 0.00822. The van der Waals surface area contributed by atoms with Crippen LogP contribution in [0.5, 0.6) is 0 Å². The number of hydrogen-bond donors (Lipinski definition) is 2. The normalized spacial score (nSPS) is 17.2. The van der Waals surface area contributed by atoms with Crippen molar-refractivity contribution < 1.29 is 5.11 Å². The van der Waals surface area contributed by atoms with Crippen LogP contribution >= 0.6 is 11.6 Å². The molecule has 1 atom stereocenters. The second kappa shape index (κ2) is 7.12. The summed E-state index contributed by atoms with van der Waals surface area (Å²) in [5.41, 5.74) is 1.40. The Hall–Kier alpha value is -1.89. The van der Waals surface area contributed by atoms with Gasteiger partial charge in [0.25, 0.3) is 5.56 Å². The van der Waals surface area contributed by atoms with Crippen LogP contribution < -0.4 is 10.5 Å². The highest BCUT2D eigenvalue weighted by Gasteiger charge is 2.25. The van der Waals surface area contributed by atoms with Crippen molar-refractivity contribution in [2.75, 3.05) is 37.7 Å². The Labute approximate surface area is 139 Å². The van der Waals surface area contributed by atoms with Gasteiger partial charge < -0.3 is 10.0 Å². The summed E-state index contributed by atoms with van der Waals surface area (Å²) in [5.74, 6) is 0. The lowest BCUT2D eigenvalue weighted by Crippen LogP contribution is -2.48. The molecule has 0 spiro atoms. The van der Waals surface area contributed by atoms with E-state index in [0.29, 0.717) is 5.69 Å². The van der Waals surface area contributed by atoms with Crippen molar-refractivity contribution in [3.05, 3.63) is 57.5 Å². The Kier molecular flexibility index (Phi) is 4.95. The van der Waals surface area contributed by atoms with Gasteiger partial charge in [0.15, 0.2) is 0 Å². The van der Waals surface area contributed by atoms with Gasteiger partial charge in [-0.15, -0.1) is 0 Å². The van der Waals surface area contributed by atoms with Crippen molar-refractivity contribution in [2.24, 2.45) is 0 Å². The number of nitrogens with one attached hydrogen (secondary N) is 1. The van der Waals surface area contributed by atoms with E-state index in [1.54, 1.807) is 6.20 Å². The summed E-state index contributed by atoms with van der Waals surface area (Å²) in [4.78, 5) is 15.9. The third-order valence-electron chi connectivity index (χ3n) is 4.23. The van der Waals surface area contributed by atoms with Crippen LogP contribution in [0.2, 0.25) is 5.02 Å². The maximum Gasteiger partial charge on any atom is 0.285 e. The molecule has 1 unspecified atom stereocenters. The van der Waals surface area contributed by atoms with E-state index in [4.69, 9.17) is 11.6 Å². The first-order chi connectivity index (χ1) is 11.2. The predicted octanol–water partition coefficient (Wildman–Crippen LogP) is 1.28. The molecule has 7 heteroatoms. The summed E-state index contributed by atoms with van der Waals surface area (Å²) in [6.07, 6.45) is 1.58. The molecule has 1 aliphatic heterocycles. The summed E-state index contributed by atoms with van der Waals surface area (Å²) in [7, 11) is 0. The lowest BCUT2D eigenvalue weighted by molar-refractivity contribution is 0.117. The highest BCUT2D eigenvalue weighted by Crippen LogP contribution is 2.25. The van der Waals surface area contributed by atoms with Crippen LogP contribution in [-0.4, -0.2) is 53.0 Å². The van der Waals surface area contributed by atoms with Gasteiger partial charge in [0.1, 0.15) is 5.02 Å². The van der Waals surface area contributed by atoms with Crippen LogP contribution in [0.1, 0.15) is 11.6 Å². The molecular formula is C16H19ClN4O2. The number of piperazine rings is 1. The number of nitrogens with zero attached hydrogens (tertiary/aromatic N) is 3. The Balaban J connectivity index is 1.70. The van der Waals surface area contributed by atoms with Crippen molar-refractivity contribution >= 4 is 17.3 Å². The molecule has 122 valence electrons. The Morgan fingerprint density at radius 2 is 1.91 bits per heavy atom. The van der Waals surface area contributed by atoms with E-state index >= 15 is 0 Å². The van der Waals surface area contributed by atoms with Gasteiger partial charge in [-0.05, 0) is 5.56 Å². The molecule has 3 rings (SSSR count). The molecule has 1 aromatic heterocycles. The van der Waals surface area contributed by atoms with E-state index in [-0.39, 0.29) is 23.2 Å². The quantitative estimate of drug-likeness (QED) is 0.881. The molecule has 1 aliphatic rings. The van der Waals surface area contributed by atoms with Gasteiger partial charge in [-0.2, -0.15) is 5.10 Å². The van der Waals surface area contributed by atoms with Crippen LogP contribution in [0.4, 0.5) is 5.69 Å². The van der Waals surface area contributed by atoms with E-state index in [2.05, 4.69) is 20.0 Å². The van der Waals surface area contributed by atoms with Crippen molar-refractivity contribution in [3.63, 3.8) is 0 Å². The highest BCUT2D eigenvalue weighted by atomic mass is 35.5. The average molecular weight is 335 g/mol. The number of H-pyrrole nitrogens is 1. The second-order valence-electron chi connectivity index (χ2n) is 5.53. The molecule has 2 N–H and O–H groups in total. The largest absolute Gasteiger partial charge is 0.394 e. The number of hydrogen-bond acceptors (Lipinski definition) is 5. The average Bonchev–Trinajstić information content (AvgIpc) is 2.60. The summed E-state index contributed by atoms with van der Waals surface area (Å²) in [6, 6.07) is 9.99. The zero-order chi connectivity index (χ0) is 16.2. The highest BCUT2D eigenvalue weighted by molar-refractivity contribution is 6.32. The van der Waals surface area contributed by atoms with Gasteiger partial charge in [0, 0.05) is 26.2 Å². The van der Waals surface area contributed by atoms with Gasteiger partial charge in [-0.3, -0.25) is 9.69 Å². The van der Waals surface area contributed by atoms with Gasteiger partial charge in [-0.25, -0.2) is 5.10 Å². The first-order valence-electron chi connectivity index (χ1n) is 7.58. The summed E-state index contributed by atoms with van der Waals surface area (Å²) in [6.45, 7) is 3.10. The number of halogens is 1. The molecule has 23 heavy (non-hydrogen) atoms. The number of aromatic amines is 1. The van der Waals surface area contributed by atoms with Crippen LogP contribution in [0.15, 0.2) is 41.3 Å². The van der Waals surface area contributed by atoms with Crippen molar-refractivity contribution in [2.45, 2.75) is 6.04 Å². The fourth-order valence-corrected chi connectivity index (χ4v) is 3.19. The Bertz CT molecular complexity index is 699. The molecule has 0 radical (unpaired) electrons. The van der Waals surface area contributed by atoms with E-state index < -0.39 is 0 Å². The van der Waals surface area contributed by atoms with Crippen LogP contribution in [0, 0.1) is 0 Å². The first kappa shape index (κ1) is 16.0. The smallest absolute Gasteiger partial charge is 0.285 e. The zero-order valence-corrected chi connectivity index (χ0v) is 13.4. The maximum absolute atomic E-state index is 11.6. The number of rotatable bonds is 4. The molecule has 1 saturated heterocycles. The predicted molar refractivity (Wildman–Crippen MR) is 89.9 cm³/mol. The Morgan fingerprint density at radius 1 is 1.22 bits per heavy atom. The molecular weight excluding hydrogens is 316 g/mol. The lowest BCUT2D eigenvalue weighted by Gasteiger charge is -2.39. The maximum atomic E-state index is 11.6. The van der Waals surface area contributed by atoms with Gasteiger partial charge in [0.05, 0.1) is 24.5 Å². The number of aromatic nitrogens is 2. The van der Waals surface area contributed by atoms with Gasteiger partial charge >= 0.3 is 0 Å². The standard InChI is InChI=1S/C16H19ClN4O2/c17-15-13(10-18-19-16(15)23)20-6-8-21(9-7-20)14(11-22)12-4-2-1-3-5-12/h1-5,10,14,22H,6-9,11H2,(H,19,23). The van der Waals surface area contributed by atoms with Gasteiger partial charge in [-0.1, -0.05) is 41.9 Å². The zero-order valence-electron chi connectivity index (χ0n) is 12.7. The van der Waals surface area contributed by atoms with E-state index in [0.717, 1.165) is 31.7 Å². The van der Waals surface area contributed by atoms with Crippen molar-refractivity contribution in [3.8, 4) is 0 Å². The van der Waals surface area contributed by atoms with Crippen LogP contribution in [0.25, 0.3) is 0 Å². The van der Waals surface area contributed by atoms with E-state index in [1.165, 1.54) is 0 Å². The molecule has 1 fully saturated rings. The molecule has 0 aliphatic carbocycles. The minimum atomic E-state index is -0.371. The molecule has 0 saturated carbocycles. The second-order valence-corrected chi connectivity index (χ2v) is 5.91. The molecule has 1 aromatic carbocycles. The summed E-state index contributed by atoms with van der Waals surface area (Å²) >= 11 is 6.07. The fraction of sp³-hybridized carbons (Fsp3) is 0.375. The molecule has 2 heterocycles. The molecule has 0 bridgehead atoms. The summed E-state index contributed by atoms with van der Waals surface area (Å²) in [5, 5.41) is 16.1. The Morgan fingerprint density at radius 3 is 2.57 bits per heavy atom. The van der Waals surface area contributed by atoms with Gasteiger partial charge in [0.2, 0.25) is 0 Å². The molecule has 0 amide bonds. The van der Waals surface area contributed by atoms with Crippen molar-refractivity contribution in [1.82, 2.24) is 15.1 Å². The molecule has 6 nitrogen and oxygen atoms in total. The SMILES string of the molecule is O=c1[nH]ncc(N2CCN(C(CO)c3ccccc3)CC2)c1Cl. The third kappa shape index (κ3) is 3.39. The van der Waals surface area contributed by atoms with Crippen LogP contribution in [-0.2, 0) is 0 Å². The number of anilines is 1. The number of aliphatic hydroxyl groups excluding tert-OH is 1. The number of benzene rings is 1.